The van der Waals surface area contributed by atoms with Crippen molar-refractivity contribution in [2.24, 2.45) is 0 Å². The largest absolute Gasteiger partial charge is 1.00 e. The Kier molecular flexibility index (Phi) is 6.24. The second-order valence-corrected chi connectivity index (χ2v) is 5.64. The molecule has 0 aliphatic rings. The quantitative estimate of drug-likeness (QED) is 0.425. The van der Waals surface area contributed by atoms with Crippen LogP contribution in [0.5, 0.6) is 0 Å². The summed E-state index contributed by atoms with van der Waals surface area (Å²) < 4.78 is 0. The van der Waals surface area contributed by atoms with Crippen LogP contribution in [0.4, 0.5) is 11.6 Å². The number of nitrogen functional groups attached to an aromatic ring is 1. The number of amides is 1. The number of nitrogens with zero attached hydrogens (tertiary/aromatic N) is 4. The molecule has 1 aromatic carbocycles. The van der Waals surface area contributed by atoms with Gasteiger partial charge in [0.05, 0.1) is 5.69 Å². The Morgan fingerprint density at radius 1 is 1.24 bits per heavy atom. The fraction of sp³-hybridized carbons (Fsp3) is 0.188. The number of anilines is 2. The Labute approximate surface area is 168 Å². The molecule has 0 radical (unpaired) electrons. The van der Waals surface area contributed by atoms with Crippen molar-refractivity contribution >= 4 is 17.5 Å². The molecule has 0 unspecified atom stereocenters. The van der Waals surface area contributed by atoms with Gasteiger partial charge in [-0.05, 0) is 41.0 Å². The van der Waals surface area contributed by atoms with Crippen molar-refractivity contribution in [3.05, 3.63) is 47.7 Å². The molecule has 3 rings (SSSR count). The van der Waals surface area contributed by atoms with E-state index < -0.39 is 5.91 Å². The standard InChI is InChI=1S/C16H17N7O.Na.H/c1-9(2)11-7-13(10-3-5-12(17)6-4-10)18-14(8-11)15(24)19-16-20-22-23-21-16;;/h3-9H,17H2,1-2H3,(H2,19,20,21,22,23,24);;/q;+1;-1. The Morgan fingerprint density at radius 3 is 2.56 bits per heavy atom. The molecule has 0 atom stereocenters. The van der Waals surface area contributed by atoms with Gasteiger partial charge in [0.15, 0.2) is 0 Å². The number of carbonyl (C=O) groups excluding carboxylic acids is 1. The molecule has 8 nitrogen and oxygen atoms in total. The minimum Gasteiger partial charge on any atom is -1.00 e. The van der Waals surface area contributed by atoms with E-state index in [1.165, 1.54) is 0 Å². The molecule has 9 heteroatoms. The van der Waals surface area contributed by atoms with Crippen LogP contribution in [0.15, 0.2) is 36.4 Å². The molecule has 0 fully saturated rings. The third kappa shape index (κ3) is 4.62. The van der Waals surface area contributed by atoms with Crippen molar-refractivity contribution in [2.75, 3.05) is 11.1 Å². The SMILES string of the molecule is CC(C)c1cc(C(=O)Nc2nn[nH]n2)nc(-c2ccc(N)cc2)c1.[H-].[Na+]. The van der Waals surface area contributed by atoms with Crippen LogP contribution >= 0.6 is 0 Å². The van der Waals surface area contributed by atoms with E-state index in [-0.39, 0.29) is 48.5 Å². The van der Waals surface area contributed by atoms with Gasteiger partial charge in [-0.15, -0.1) is 5.10 Å². The molecule has 3 aromatic rings. The van der Waals surface area contributed by atoms with Crippen LogP contribution in [0, 0.1) is 0 Å². The van der Waals surface area contributed by atoms with Gasteiger partial charge < -0.3 is 7.16 Å². The van der Waals surface area contributed by atoms with Gasteiger partial charge in [-0.1, -0.05) is 31.1 Å². The zero-order valence-electron chi connectivity index (χ0n) is 15.3. The van der Waals surface area contributed by atoms with Gasteiger partial charge in [-0.3, -0.25) is 10.1 Å². The summed E-state index contributed by atoms with van der Waals surface area (Å²) in [5, 5.41) is 15.7. The fourth-order valence-electron chi connectivity index (χ4n) is 2.18. The summed E-state index contributed by atoms with van der Waals surface area (Å²) in [4.78, 5) is 16.9. The predicted molar refractivity (Wildman–Crippen MR) is 91.4 cm³/mol. The molecule has 4 N–H and O–H groups in total. The van der Waals surface area contributed by atoms with Crippen molar-refractivity contribution in [3.63, 3.8) is 0 Å². The molecule has 0 spiro atoms. The van der Waals surface area contributed by atoms with Gasteiger partial charge in [0, 0.05) is 11.3 Å². The summed E-state index contributed by atoms with van der Waals surface area (Å²) in [6.45, 7) is 4.12. The molecule has 0 saturated heterocycles. The number of pyridine rings is 1. The third-order valence-electron chi connectivity index (χ3n) is 3.52. The molecular weight excluding hydrogens is 329 g/mol. The van der Waals surface area contributed by atoms with Crippen molar-refractivity contribution in [1.82, 2.24) is 25.6 Å². The second-order valence-electron chi connectivity index (χ2n) is 5.64. The molecule has 0 aliphatic carbocycles. The Bertz CT molecular complexity index is 854. The van der Waals surface area contributed by atoms with E-state index in [2.05, 4.69) is 44.8 Å². The number of nitrogens with one attached hydrogen (secondary N) is 2. The van der Waals surface area contributed by atoms with E-state index in [1.54, 1.807) is 18.2 Å². The van der Waals surface area contributed by atoms with Gasteiger partial charge >= 0.3 is 29.6 Å². The van der Waals surface area contributed by atoms with Crippen molar-refractivity contribution in [3.8, 4) is 11.3 Å². The molecule has 2 aromatic heterocycles. The number of aromatic amines is 1. The summed E-state index contributed by atoms with van der Waals surface area (Å²) in [7, 11) is 0. The van der Waals surface area contributed by atoms with Crippen LogP contribution in [0.3, 0.4) is 0 Å². The van der Waals surface area contributed by atoms with Crippen LogP contribution in [0.1, 0.15) is 37.2 Å². The van der Waals surface area contributed by atoms with E-state index in [0.29, 0.717) is 11.4 Å². The summed E-state index contributed by atoms with van der Waals surface area (Å²) >= 11 is 0. The first-order chi connectivity index (χ1) is 11.5. The number of rotatable bonds is 4. The van der Waals surface area contributed by atoms with Gasteiger partial charge in [0.2, 0.25) is 0 Å². The molecule has 25 heavy (non-hydrogen) atoms. The number of carbonyl (C=O) groups is 1. The first-order valence-electron chi connectivity index (χ1n) is 7.45. The number of hydrogen-bond acceptors (Lipinski definition) is 6. The van der Waals surface area contributed by atoms with E-state index in [4.69, 9.17) is 5.73 Å². The van der Waals surface area contributed by atoms with Gasteiger partial charge in [-0.25, -0.2) is 4.98 Å². The number of H-pyrrole nitrogens is 1. The average molecular weight is 347 g/mol. The van der Waals surface area contributed by atoms with Gasteiger partial charge in [0.1, 0.15) is 5.69 Å². The van der Waals surface area contributed by atoms with E-state index in [1.807, 2.05) is 18.2 Å². The third-order valence-corrected chi connectivity index (χ3v) is 3.52. The molecule has 0 bridgehead atoms. The van der Waals surface area contributed by atoms with Crippen LogP contribution in [0.2, 0.25) is 0 Å². The maximum Gasteiger partial charge on any atom is 1.00 e. The van der Waals surface area contributed by atoms with Gasteiger partial charge in [0.25, 0.3) is 11.9 Å². The monoisotopic (exact) mass is 347 g/mol. The Balaban J connectivity index is 0.00000169. The van der Waals surface area contributed by atoms with Gasteiger partial charge in [-0.2, -0.15) is 5.21 Å². The molecule has 2 heterocycles. The summed E-state index contributed by atoms with van der Waals surface area (Å²) in [5.41, 5.74) is 9.30. The van der Waals surface area contributed by atoms with Crippen LogP contribution in [-0.4, -0.2) is 31.5 Å². The summed E-state index contributed by atoms with van der Waals surface area (Å²) in [5.74, 6) is -0.0429. The van der Waals surface area contributed by atoms with Crippen molar-refractivity contribution in [1.29, 1.82) is 0 Å². The average Bonchev–Trinajstić information content (AvgIpc) is 3.08. The molecule has 0 aliphatic heterocycles. The van der Waals surface area contributed by atoms with Crippen molar-refractivity contribution in [2.45, 2.75) is 19.8 Å². The number of benzene rings is 1. The molecular formula is C16H18N7NaO. The first-order valence-corrected chi connectivity index (χ1v) is 7.45. The normalized spacial score (nSPS) is 10.4. The van der Waals surface area contributed by atoms with Crippen LogP contribution < -0.4 is 40.6 Å². The van der Waals surface area contributed by atoms with E-state index in [9.17, 15) is 4.79 Å². The maximum absolute atomic E-state index is 12.4. The molecule has 1 amide bonds. The zero-order chi connectivity index (χ0) is 17.1. The van der Waals surface area contributed by atoms with Crippen LogP contribution in [0.25, 0.3) is 11.3 Å². The van der Waals surface area contributed by atoms with E-state index in [0.717, 1.165) is 11.1 Å². The fourth-order valence-corrected chi connectivity index (χ4v) is 2.18. The first kappa shape index (κ1) is 19.0. The number of hydrogen-bond donors (Lipinski definition) is 3. The Morgan fingerprint density at radius 2 is 1.96 bits per heavy atom. The number of tetrazole rings is 1. The summed E-state index contributed by atoms with van der Waals surface area (Å²) in [6, 6.07) is 11.1. The van der Waals surface area contributed by atoms with Crippen LogP contribution in [-0.2, 0) is 0 Å². The topological polar surface area (TPSA) is 122 Å². The molecule has 124 valence electrons. The Hall–Kier alpha value is -2.29. The minimum absolute atomic E-state index is 0. The predicted octanol–water partition coefficient (Wildman–Crippen LogP) is -0.664. The number of aromatic nitrogens is 5. The zero-order valence-corrected chi connectivity index (χ0v) is 16.3. The summed E-state index contributed by atoms with van der Waals surface area (Å²) in [6.07, 6.45) is 0. The maximum atomic E-state index is 12.4. The smallest absolute Gasteiger partial charge is 1.00 e. The van der Waals surface area contributed by atoms with Crippen molar-refractivity contribution < 1.29 is 35.8 Å². The molecule has 0 saturated carbocycles. The minimum atomic E-state index is -0.393. The van der Waals surface area contributed by atoms with E-state index >= 15 is 0 Å². The number of nitrogens with two attached hydrogens (primary N) is 1. The second kappa shape index (κ2) is 8.19.